The van der Waals surface area contributed by atoms with E-state index >= 15 is 0 Å². The van der Waals surface area contributed by atoms with Crippen molar-refractivity contribution in [3.8, 4) is 5.75 Å². The third-order valence-electron chi connectivity index (χ3n) is 3.99. The SMILES string of the molecule is COc1ccc(S(=O)(=O)Nc2ccc(Nc3ccccc3C)nn2)cc1C. The van der Waals surface area contributed by atoms with Crippen LogP contribution in [0.3, 0.4) is 0 Å². The van der Waals surface area contributed by atoms with Crippen LogP contribution in [0.1, 0.15) is 11.1 Å². The molecule has 7 nitrogen and oxygen atoms in total. The van der Waals surface area contributed by atoms with Gasteiger partial charge in [-0.25, -0.2) is 8.42 Å². The van der Waals surface area contributed by atoms with E-state index in [0.717, 1.165) is 16.8 Å². The number of benzene rings is 2. The Morgan fingerprint density at radius 1 is 0.889 bits per heavy atom. The average molecular weight is 384 g/mol. The summed E-state index contributed by atoms with van der Waals surface area (Å²) in [7, 11) is -2.23. The number of nitrogens with zero attached hydrogens (tertiary/aromatic N) is 2. The van der Waals surface area contributed by atoms with Gasteiger partial charge in [-0.3, -0.25) is 4.72 Å². The lowest BCUT2D eigenvalue weighted by atomic mass is 10.2. The molecule has 0 saturated heterocycles. The number of aromatic nitrogens is 2. The maximum Gasteiger partial charge on any atom is 0.263 e. The lowest BCUT2D eigenvalue weighted by Gasteiger charge is -2.11. The molecule has 0 bridgehead atoms. The first-order valence-corrected chi connectivity index (χ1v) is 9.71. The number of ether oxygens (including phenoxy) is 1. The van der Waals surface area contributed by atoms with E-state index in [1.807, 2.05) is 31.2 Å². The number of aryl methyl sites for hydroxylation is 2. The van der Waals surface area contributed by atoms with Crippen molar-refractivity contribution in [1.29, 1.82) is 0 Å². The molecule has 0 unspecified atom stereocenters. The standard InChI is InChI=1S/C19H20N4O3S/c1-13-6-4-5-7-16(13)20-18-10-11-19(22-21-18)23-27(24,25)15-8-9-17(26-3)14(2)12-15/h4-12H,1-3H3,(H,20,21)(H,22,23). The molecule has 3 rings (SSSR count). The summed E-state index contributed by atoms with van der Waals surface area (Å²) < 4.78 is 32.7. The normalized spacial score (nSPS) is 11.1. The molecule has 2 N–H and O–H groups in total. The van der Waals surface area contributed by atoms with E-state index in [1.165, 1.54) is 13.2 Å². The van der Waals surface area contributed by atoms with Crippen molar-refractivity contribution in [1.82, 2.24) is 10.2 Å². The van der Waals surface area contributed by atoms with Crippen molar-refractivity contribution in [2.75, 3.05) is 17.1 Å². The molecule has 0 aliphatic carbocycles. The highest BCUT2D eigenvalue weighted by molar-refractivity contribution is 7.92. The van der Waals surface area contributed by atoms with Gasteiger partial charge < -0.3 is 10.1 Å². The van der Waals surface area contributed by atoms with Crippen LogP contribution in [0.15, 0.2) is 59.5 Å². The van der Waals surface area contributed by atoms with Crippen LogP contribution < -0.4 is 14.8 Å². The largest absolute Gasteiger partial charge is 0.496 e. The highest BCUT2D eigenvalue weighted by Gasteiger charge is 2.16. The number of para-hydroxylation sites is 1. The first-order chi connectivity index (χ1) is 12.9. The van der Waals surface area contributed by atoms with Crippen molar-refractivity contribution >= 4 is 27.3 Å². The van der Waals surface area contributed by atoms with Gasteiger partial charge in [0.25, 0.3) is 10.0 Å². The van der Waals surface area contributed by atoms with Gasteiger partial charge in [0.05, 0.1) is 12.0 Å². The van der Waals surface area contributed by atoms with Crippen LogP contribution in [0.5, 0.6) is 5.75 Å². The second-order valence-corrected chi connectivity index (χ2v) is 7.66. The van der Waals surface area contributed by atoms with Crippen molar-refractivity contribution in [3.63, 3.8) is 0 Å². The minimum Gasteiger partial charge on any atom is -0.496 e. The molecule has 140 valence electrons. The summed E-state index contributed by atoms with van der Waals surface area (Å²) >= 11 is 0. The maximum absolute atomic E-state index is 12.5. The van der Waals surface area contributed by atoms with Gasteiger partial charge in [-0.15, -0.1) is 10.2 Å². The van der Waals surface area contributed by atoms with Crippen molar-refractivity contribution in [3.05, 3.63) is 65.7 Å². The number of sulfonamides is 1. The molecule has 0 amide bonds. The summed E-state index contributed by atoms with van der Waals surface area (Å²) in [6, 6.07) is 15.6. The average Bonchev–Trinajstić information content (AvgIpc) is 2.65. The predicted molar refractivity (Wildman–Crippen MR) is 105 cm³/mol. The monoisotopic (exact) mass is 384 g/mol. The molecule has 1 heterocycles. The number of rotatable bonds is 6. The fourth-order valence-electron chi connectivity index (χ4n) is 2.52. The molecule has 0 fully saturated rings. The van der Waals surface area contributed by atoms with E-state index in [2.05, 4.69) is 20.2 Å². The van der Waals surface area contributed by atoms with Gasteiger partial charge in [0, 0.05) is 5.69 Å². The fourth-order valence-corrected chi connectivity index (χ4v) is 3.60. The Balaban J connectivity index is 1.75. The second kappa shape index (κ2) is 7.63. The number of hydrogen-bond donors (Lipinski definition) is 2. The summed E-state index contributed by atoms with van der Waals surface area (Å²) in [5.74, 6) is 1.28. The number of anilines is 3. The number of nitrogens with one attached hydrogen (secondary N) is 2. The lowest BCUT2D eigenvalue weighted by molar-refractivity contribution is 0.411. The van der Waals surface area contributed by atoms with Gasteiger partial charge in [-0.05, 0) is 61.4 Å². The number of hydrogen-bond acceptors (Lipinski definition) is 6. The van der Waals surface area contributed by atoms with Gasteiger partial charge in [0.1, 0.15) is 5.75 Å². The Hall–Kier alpha value is -3.13. The highest BCUT2D eigenvalue weighted by Crippen LogP contribution is 2.23. The maximum atomic E-state index is 12.5. The first-order valence-electron chi connectivity index (χ1n) is 8.23. The quantitative estimate of drug-likeness (QED) is 0.674. The Morgan fingerprint density at radius 3 is 2.22 bits per heavy atom. The minimum absolute atomic E-state index is 0.129. The summed E-state index contributed by atoms with van der Waals surface area (Å²) in [5.41, 5.74) is 2.71. The first kappa shape index (κ1) is 18.7. The Labute approximate surface area is 158 Å². The zero-order valence-corrected chi connectivity index (χ0v) is 16.0. The summed E-state index contributed by atoms with van der Waals surface area (Å²) in [6.45, 7) is 3.76. The Bertz CT molecular complexity index is 1050. The van der Waals surface area contributed by atoms with Crippen molar-refractivity contribution in [2.24, 2.45) is 0 Å². The van der Waals surface area contributed by atoms with E-state index in [4.69, 9.17) is 4.74 Å². The molecular weight excluding hydrogens is 364 g/mol. The van der Waals surface area contributed by atoms with Crippen molar-refractivity contribution < 1.29 is 13.2 Å². The zero-order valence-electron chi connectivity index (χ0n) is 15.2. The third-order valence-corrected chi connectivity index (χ3v) is 5.34. The summed E-state index contributed by atoms with van der Waals surface area (Å²) in [6.07, 6.45) is 0. The van der Waals surface area contributed by atoms with Crippen LogP contribution in [-0.2, 0) is 10.0 Å². The molecular formula is C19H20N4O3S. The minimum atomic E-state index is -3.77. The van der Waals surface area contributed by atoms with Gasteiger partial charge in [-0.1, -0.05) is 18.2 Å². The van der Waals surface area contributed by atoms with Crippen LogP contribution in [0, 0.1) is 13.8 Å². The van der Waals surface area contributed by atoms with E-state index in [0.29, 0.717) is 11.6 Å². The van der Waals surface area contributed by atoms with Crippen LogP contribution >= 0.6 is 0 Å². The molecule has 0 atom stereocenters. The second-order valence-electron chi connectivity index (χ2n) is 5.98. The Morgan fingerprint density at radius 2 is 1.59 bits per heavy atom. The molecule has 0 spiro atoms. The molecule has 0 aliphatic rings. The highest BCUT2D eigenvalue weighted by atomic mass is 32.2. The predicted octanol–water partition coefficient (Wildman–Crippen LogP) is 3.65. The Kier molecular flexibility index (Phi) is 5.27. The van der Waals surface area contributed by atoms with Crippen LogP contribution in [0.2, 0.25) is 0 Å². The molecule has 0 saturated carbocycles. The van der Waals surface area contributed by atoms with Crippen LogP contribution in [0.25, 0.3) is 0 Å². The fraction of sp³-hybridized carbons (Fsp3) is 0.158. The van der Waals surface area contributed by atoms with Gasteiger partial charge in [-0.2, -0.15) is 0 Å². The van der Waals surface area contributed by atoms with E-state index in [1.54, 1.807) is 31.2 Å². The molecule has 8 heteroatoms. The molecule has 27 heavy (non-hydrogen) atoms. The summed E-state index contributed by atoms with van der Waals surface area (Å²) in [5, 5.41) is 11.1. The van der Waals surface area contributed by atoms with Crippen LogP contribution in [0.4, 0.5) is 17.3 Å². The van der Waals surface area contributed by atoms with Crippen LogP contribution in [-0.4, -0.2) is 25.7 Å². The molecule has 2 aromatic carbocycles. The topological polar surface area (TPSA) is 93.2 Å². The van der Waals surface area contributed by atoms with E-state index in [-0.39, 0.29) is 10.7 Å². The van der Waals surface area contributed by atoms with Crippen molar-refractivity contribution in [2.45, 2.75) is 18.7 Å². The summed E-state index contributed by atoms with van der Waals surface area (Å²) in [4.78, 5) is 0.129. The zero-order chi connectivity index (χ0) is 19.4. The smallest absolute Gasteiger partial charge is 0.263 e. The third kappa shape index (κ3) is 4.35. The molecule has 0 radical (unpaired) electrons. The van der Waals surface area contributed by atoms with Gasteiger partial charge >= 0.3 is 0 Å². The van der Waals surface area contributed by atoms with E-state index < -0.39 is 10.0 Å². The van der Waals surface area contributed by atoms with E-state index in [9.17, 15) is 8.42 Å². The lowest BCUT2D eigenvalue weighted by Crippen LogP contribution is -2.14. The van der Waals surface area contributed by atoms with Gasteiger partial charge in [0.2, 0.25) is 0 Å². The molecule has 0 aliphatic heterocycles. The van der Waals surface area contributed by atoms with Gasteiger partial charge in [0.15, 0.2) is 11.6 Å². The molecule has 1 aromatic heterocycles. The number of methoxy groups -OCH3 is 1. The molecule has 3 aromatic rings.